The molecular weight excluding hydrogens is 292 g/mol. The number of rotatable bonds is 9. The summed E-state index contributed by atoms with van der Waals surface area (Å²) in [5, 5.41) is 0. The highest BCUT2D eigenvalue weighted by atomic mass is 16.5. The summed E-state index contributed by atoms with van der Waals surface area (Å²) in [5.74, 6) is 0.475. The SMILES string of the molecule is CCCCCCC(=O)NNC(=O)COc1ccccc1C(C)C. The molecule has 0 fully saturated rings. The normalized spacial score (nSPS) is 10.4. The summed E-state index contributed by atoms with van der Waals surface area (Å²) < 4.78 is 5.54. The summed E-state index contributed by atoms with van der Waals surface area (Å²) >= 11 is 0. The predicted molar refractivity (Wildman–Crippen MR) is 91.1 cm³/mol. The van der Waals surface area contributed by atoms with Gasteiger partial charge in [0.05, 0.1) is 0 Å². The van der Waals surface area contributed by atoms with Gasteiger partial charge in [0.1, 0.15) is 5.75 Å². The maximum Gasteiger partial charge on any atom is 0.276 e. The third kappa shape index (κ3) is 7.68. The van der Waals surface area contributed by atoms with Gasteiger partial charge in [-0.25, -0.2) is 0 Å². The van der Waals surface area contributed by atoms with Crippen LogP contribution in [0.3, 0.4) is 0 Å². The van der Waals surface area contributed by atoms with E-state index in [1.54, 1.807) is 0 Å². The fourth-order valence-electron chi connectivity index (χ4n) is 2.18. The lowest BCUT2D eigenvalue weighted by atomic mass is 10.0. The number of para-hydroxylation sites is 1. The molecule has 2 N–H and O–H groups in total. The largest absolute Gasteiger partial charge is 0.483 e. The maximum absolute atomic E-state index is 11.7. The minimum absolute atomic E-state index is 0.125. The molecule has 1 rings (SSSR count). The average Bonchev–Trinajstić information content (AvgIpc) is 2.55. The molecule has 5 nitrogen and oxygen atoms in total. The summed E-state index contributed by atoms with van der Waals surface area (Å²) in [5.41, 5.74) is 5.85. The molecule has 0 aliphatic heterocycles. The quantitative estimate of drug-likeness (QED) is 0.542. The smallest absolute Gasteiger partial charge is 0.276 e. The van der Waals surface area contributed by atoms with Gasteiger partial charge in [0.25, 0.3) is 5.91 Å². The van der Waals surface area contributed by atoms with E-state index >= 15 is 0 Å². The lowest BCUT2D eigenvalue weighted by molar-refractivity contribution is -0.130. The van der Waals surface area contributed by atoms with E-state index in [-0.39, 0.29) is 18.4 Å². The van der Waals surface area contributed by atoms with Crippen LogP contribution >= 0.6 is 0 Å². The second-order valence-electron chi connectivity index (χ2n) is 5.89. The Hall–Kier alpha value is -2.04. The van der Waals surface area contributed by atoms with Crippen molar-refractivity contribution in [3.8, 4) is 5.75 Å². The minimum Gasteiger partial charge on any atom is -0.483 e. The number of amides is 2. The Morgan fingerprint density at radius 3 is 2.43 bits per heavy atom. The Morgan fingerprint density at radius 2 is 1.74 bits per heavy atom. The van der Waals surface area contributed by atoms with Gasteiger partial charge >= 0.3 is 0 Å². The van der Waals surface area contributed by atoms with E-state index in [4.69, 9.17) is 4.74 Å². The molecule has 128 valence electrons. The van der Waals surface area contributed by atoms with E-state index in [2.05, 4.69) is 31.6 Å². The van der Waals surface area contributed by atoms with Gasteiger partial charge in [-0.2, -0.15) is 0 Å². The first-order valence-electron chi connectivity index (χ1n) is 8.34. The first-order chi connectivity index (χ1) is 11.0. The Balaban J connectivity index is 2.28. The molecule has 1 aromatic carbocycles. The molecule has 0 radical (unpaired) electrons. The van der Waals surface area contributed by atoms with Crippen LogP contribution in [0.4, 0.5) is 0 Å². The van der Waals surface area contributed by atoms with Gasteiger partial charge in [-0.3, -0.25) is 20.4 Å². The fourth-order valence-corrected chi connectivity index (χ4v) is 2.18. The Kier molecular flexibility index (Phi) is 8.80. The third-order valence-corrected chi connectivity index (χ3v) is 3.50. The number of carbonyl (C=O) groups is 2. The van der Waals surface area contributed by atoms with Gasteiger partial charge in [-0.05, 0) is 24.0 Å². The zero-order valence-electron chi connectivity index (χ0n) is 14.4. The number of hydrazine groups is 1. The van der Waals surface area contributed by atoms with E-state index in [0.717, 1.165) is 31.2 Å². The van der Waals surface area contributed by atoms with Gasteiger partial charge in [0.2, 0.25) is 5.91 Å². The summed E-state index contributed by atoms with van der Waals surface area (Å²) in [6.07, 6.45) is 4.56. The summed E-state index contributed by atoms with van der Waals surface area (Å²) in [7, 11) is 0. The molecule has 23 heavy (non-hydrogen) atoms. The monoisotopic (exact) mass is 320 g/mol. The topological polar surface area (TPSA) is 67.4 Å². The van der Waals surface area contributed by atoms with E-state index in [9.17, 15) is 9.59 Å². The average molecular weight is 320 g/mol. The molecule has 0 saturated carbocycles. The highest BCUT2D eigenvalue weighted by Gasteiger charge is 2.09. The molecule has 0 bridgehead atoms. The van der Waals surface area contributed by atoms with Crippen LogP contribution in [-0.2, 0) is 9.59 Å². The van der Waals surface area contributed by atoms with Crippen LogP contribution in [-0.4, -0.2) is 18.4 Å². The Bertz CT molecular complexity index is 501. The lowest BCUT2D eigenvalue weighted by Gasteiger charge is -2.14. The van der Waals surface area contributed by atoms with Crippen molar-refractivity contribution in [2.24, 2.45) is 0 Å². The van der Waals surface area contributed by atoms with Crippen LogP contribution < -0.4 is 15.6 Å². The zero-order valence-corrected chi connectivity index (χ0v) is 14.4. The molecule has 0 saturated heterocycles. The Morgan fingerprint density at radius 1 is 1.04 bits per heavy atom. The third-order valence-electron chi connectivity index (χ3n) is 3.50. The van der Waals surface area contributed by atoms with Crippen molar-refractivity contribution in [1.29, 1.82) is 0 Å². The van der Waals surface area contributed by atoms with E-state index in [1.807, 2.05) is 24.3 Å². The van der Waals surface area contributed by atoms with Crippen molar-refractivity contribution < 1.29 is 14.3 Å². The highest BCUT2D eigenvalue weighted by Crippen LogP contribution is 2.25. The van der Waals surface area contributed by atoms with Crippen molar-refractivity contribution in [2.45, 2.75) is 58.8 Å². The zero-order chi connectivity index (χ0) is 17.1. The van der Waals surface area contributed by atoms with Crippen LogP contribution in [0.5, 0.6) is 5.75 Å². The van der Waals surface area contributed by atoms with Crippen molar-refractivity contribution in [3.63, 3.8) is 0 Å². The number of hydrogen-bond acceptors (Lipinski definition) is 3. The van der Waals surface area contributed by atoms with Gasteiger partial charge < -0.3 is 4.74 Å². The van der Waals surface area contributed by atoms with Gasteiger partial charge in [0, 0.05) is 6.42 Å². The molecule has 0 aliphatic rings. The molecule has 0 spiro atoms. The van der Waals surface area contributed by atoms with E-state index in [1.165, 1.54) is 0 Å². The fraction of sp³-hybridized carbons (Fsp3) is 0.556. The molecule has 2 amide bonds. The summed E-state index contributed by atoms with van der Waals surface area (Å²) in [6, 6.07) is 7.64. The lowest BCUT2D eigenvalue weighted by Crippen LogP contribution is -2.43. The number of ether oxygens (including phenoxy) is 1. The highest BCUT2D eigenvalue weighted by molar-refractivity contribution is 5.82. The minimum atomic E-state index is -0.370. The Labute approximate surface area is 138 Å². The van der Waals surface area contributed by atoms with Crippen molar-refractivity contribution in [1.82, 2.24) is 10.9 Å². The molecular formula is C18H28N2O3. The van der Waals surface area contributed by atoms with Gasteiger partial charge in [-0.15, -0.1) is 0 Å². The van der Waals surface area contributed by atoms with E-state index < -0.39 is 0 Å². The molecule has 0 unspecified atom stereocenters. The second kappa shape index (κ2) is 10.6. The molecule has 0 heterocycles. The number of unbranched alkanes of at least 4 members (excludes halogenated alkanes) is 3. The van der Waals surface area contributed by atoms with E-state index in [0.29, 0.717) is 18.1 Å². The van der Waals surface area contributed by atoms with Crippen LogP contribution in [0.25, 0.3) is 0 Å². The molecule has 0 aromatic heterocycles. The second-order valence-corrected chi connectivity index (χ2v) is 5.89. The van der Waals surface area contributed by atoms with Crippen molar-refractivity contribution >= 4 is 11.8 Å². The number of carbonyl (C=O) groups excluding carboxylic acids is 2. The number of hydrogen-bond donors (Lipinski definition) is 2. The van der Waals surface area contributed by atoms with Crippen LogP contribution in [0.2, 0.25) is 0 Å². The summed E-state index contributed by atoms with van der Waals surface area (Å²) in [4.78, 5) is 23.3. The molecule has 5 heteroatoms. The molecule has 1 aromatic rings. The van der Waals surface area contributed by atoms with Gasteiger partial charge in [0.15, 0.2) is 6.61 Å². The van der Waals surface area contributed by atoms with Gasteiger partial charge in [-0.1, -0.05) is 58.2 Å². The number of nitrogens with one attached hydrogen (secondary N) is 2. The van der Waals surface area contributed by atoms with Crippen LogP contribution in [0.1, 0.15) is 64.4 Å². The maximum atomic E-state index is 11.7. The van der Waals surface area contributed by atoms with Crippen molar-refractivity contribution in [2.75, 3.05) is 6.61 Å². The molecule has 0 aliphatic carbocycles. The predicted octanol–water partition coefficient (Wildman–Crippen LogP) is 3.31. The van der Waals surface area contributed by atoms with Crippen LogP contribution in [0.15, 0.2) is 24.3 Å². The van der Waals surface area contributed by atoms with Crippen molar-refractivity contribution in [3.05, 3.63) is 29.8 Å². The first kappa shape index (κ1) is 19.0. The molecule has 0 atom stereocenters. The number of benzene rings is 1. The standard InChI is InChI=1S/C18H28N2O3/c1-4-5-6-7-12-17(21)19-20-18(22)13-23-16-11-9-8-10-15(16)14(2)3/h8-11,14H,4-7,12-13H2,1-3H3,(H,19,21)(H,20,22). The first-order valence-corrected chi connectivity index (χ1v) is 8.34. The van der Waals surface area contributed by atoms with Crippen LogP contribution in [0, 0.1) is 0 Å². The summed E-state index contributed by atoms with van der Waals surface area (Å²) in [6.45, 7) is 6.14.